The van der Waals surface area contributed by atoms with Gasteiger partial charge in [-0.25, -0.2) is 8.78 Å². The molecular formula is C14H21F2N3O. The fraction of sp³-hybridized carbons (Fsp3) is 0.500. The number of anilines is 1. The number of amides is 1. The van der Waals surface area contributed by atoms with Gasteiger partial charge in [0.1, 0.15) is 0 Å². The molecule has 0 saturated heterocycles. The van der Waals surface area contributed by atoms with E-state index in [2.05, 4.69) is 0 Å². The number of rotatable bonds is 6. The van der Waals surface area contributed by atoms with Gasteiger partial charge in [-0.1, -0.05) is 6.92 Å². The largest absolute Gasteiger partial charge is 0.398 e. The average Bonchev–Trinajstić information content (AvgIpc) is 2.37. The minimum atomic E-state index is -1.06. The molecule has 112 valence electrons. The van der Waals surface area contributed by atoms with Crippen molar-refractivity contribution >= 4 is 11.6 Å². The molecule has 0 aliphatic heterocycles. The molecule has 0 spiro atoms. The quantitative estimate of drug-likeness (QED) is 0.813. The molecule has 0 atom stereocenters. The standard InChI is InChI=1S/C14H21F2N3O/c1-4-5-19(7-6-18(2)3)14(20)10-8-11(15)12(16)9-13(10)17/h8-9H,4-7,17H2,1-3H3. The highest BCUT2D eigenvalue weighted by Crippen LogP contribution is 2.19. The van der Waals surface area contributed by atoms with Crippen LogP contribution in [0.5, 0.6) is 0 Å². The van der Waals surface area contributed by atoms with Gasteiger partial charge in [-0.3, -0.25) is 4.79 Å². The minimum Gasteiger partial charge on any atom is -0.398 e. The highest BCUT2D eigenvalue weighted by Gasteiger charge is 2.20. The Hall–Kier alpha value is -1.69. The molecule has 4 nitrogen and oxygen atoms in total. The second kappa shape index (κ2) is 7.19. The Balaban J connectivity index is 2.96. The molecule has 0 aromatic heterocycles. The second-order valence-corrected chi connectivity index (χ2v) is 4.95. The monoisotopic (exact) mass is 285 g/mol. The van der Waals surface area contributed by atoms with Crippen molar-refractivity contribution in [1.29, 1.82) is 0 Å². The second-order valence-electron chi connectivity index (χ2n) is 4.95. The number of likely N-dealkylation sites (N-methyl/N-ethyl adjacent to an activating group) is 1. The Kier molecular flexibility index (Phi) is 5.88. The summed E-state index contributed by atoms with van der Waals surface area (Å²) in [6.45, 7) is 3.70. The topological polar surface area (TPSA) is 49.6 Å². The lowest BCUT2D eigenvalue weighted by Crippen LogP contribution is -2.37. The number of nitrogen functional groups attached to an aromatic ring is 1. The van der Waals surface area contributed by atoms with E-state index in [1.807, 2.05) is 25.9 Å². The van der Waals surface area contributed by atoms with Gasteiger partial charge in [0.15, 0.2) is 11.6 Å². The maximum atomic E-state index is 13.3. The first-order valence-electron chi connectivity index (χ1n) is 6.55. The van der Waals surface area contributed by atoms with Crippen LogP contribution in [0.1, 0.15) is 23.7 Å². The molecule has 2 N–H and O–H groups in total. The number of hydrogen-bond donors (Lipinski definition) is 1. The lowest BCUT2D eigenvalue weighted by atomic mass is 10.1. The van der Waals surface area contributed by atoms with Crippen molar-refractivity contribution in [3.05, 3.63) is 29.3 Å². The molecule has 0 unspecified atom stereocenters. The fourth-order valence-electron chi connectivity index (χ4n) is 1.82. The first-order valence-corrected chi connectivity index (χ1v) is 6.55. The van der Waals surface area contributed by atoms with E-state index in [0.717, 1.165) is 18.6 Å². The van der Waals surface area contributed by atoms with Crippen molar-refractivity contribution in [1.82, 2.24) is 9.80 Å². The SMILES string of the molecule is CCCN(CCN(C)C)C(=O)c1cc(F)c(F)cc1N. The zero-order chi connectivity index (χ0) is 15.3. The van der Waals surface area contributed by atoms with Gasteiger partial charge in [0.25, 0.3) is 5.91 Å². The highest BCUT2D eigenvalue weighted by atomic mass is 19.2. The number of halogens is 2. The lowest BCUT2D eigenvalue weighted by Gasteiger charge is -2.24. The number of nitrogens with two attached hydrogens (primary N) is 1. The Morgan fingerprint density at radius 1 is 1.15 bits per heavy atom. The predicted molar refractivity (Wildman–Crippen MR) is 75.5 cm³/mol. The number of benzene rings is 1. The van der Waals surface area contributed by atoms with Crippen molar-refractivity contribution in [2.45, 2.75) is 13.3 Å². The zero-order valence-electron chi connectivity index (χ0n) is 12.1. The molecule has 0 radical (unpaired) electrons. The summed E-state index contributed by atoms with van der Waals surface area (Å²) in [6, 6.07) is 1.71. The van der Waals surface area contributed by atoms with E-state index >= 15 is 0 Å². The third-order valence-electron chi connectivity index (χ3n) is 2.92. The van der Waals surface area contributed by atoms with Gasteiger partial charge < -0.3 is 15.5 Å². The minimum absolute atomic E-state index is 0.0103. The predicted octanol–water partition coefficient (Wildman–Crippen LogP) is 1.96. The summed E-state index contributed by atoms with van der Waals surface area (Å²) in [6.07, 6.45) is 0.781. The van der Waals surface area contributed by atoms with E-state index in [1.165, 1.54) is 0 Å². The molecule has 1 rings (SSSR count). The van der Waals surface area contributed by atoms with Crippen LogP contribution in [0.25, 0.3) is 0 Å². The molecule has 1 aromatic carbocycles. The number of nitrogens with zero attached hydrogens (tertiary/aromatic N) is 2. The third kappa shape index (κ3) is 4.16. The third-order valence-corrected chi connectivity index (χ3v) is 2.92. The first-order chi connectivity index (χ1) is 9.36. The van der Waals surface area contributed by atoms with Crippen LogP contribution in [0, 0.1) is 11.6 Å². The Morgan fingerprint density at radius 3 is 2.30 bits per heavy atom. The number of carbonyl (C=O) groups is 1. The van der Waals surface area contributed by atoms with Crippen molar-refractivity contribution in [3.8, 4) is 0 Å². The van der Waals surface area contributed by atoms with Crippen molar-refractivity contribution < 1.29 is 13.6 Å². The van der Waals surface area contributed by atoms with Gasteiger partial charge in [-0.15, -0.1) is 0 Å². The highest BCUT2D eigenvalue weighted by molar-refractivity contribution is 5.99. The number of carbonyl (C=O) groups excluding carboxylic acids is 1. The molecule has 1 aromatic rings. The zero-order valence-corrected chi connectivity index (χ0v) is 12.1. The maximum absolute atomic E-state index is 13.3. The molecular weight excluding hydrogens is 264 g/mol. The van der Waals surface area contributed by atoms with Crippen molar-refractivity contribution in [2.24, 2.45) is 0 Å². The van der Waals surface area contributed by atoms with Crippen LogP contribution in [0.15, 0.2) is 12.1 Å². The van der Waals surface area contributed by atoms with E-state index in [-0.39, 0.29) is 17.2 Å². The summed E-state index contributed by atoms with van der Waals surface area (Å²) >= 11 is 0. The molecule has 0 heterocycles. The summed E-state index contributed by atoms with van der Waals surface area (Å²) in [5.41, 5.74) is 5.58. The first kappa shape index (κ1) is 16.4. The lowest BCUT2D eigenvalue weighted by molar-refractivity contribution is 0.0745. The smallest absolute Gasteiger partial charge is 0.256 e. The van der Waals surface area contributed by atoms with E-state index in [4.69, 9.17) is 5.73 Å². The molecule has 6 heteroatoms. The van der Waals surface area contributed by atoms with E-state index in [1.54, 1.807) is 4.90 Å². The fourth-order valence-corrected chi connectivity index (χ4v) is 1.82. The van der Waals surface area contributed by atoms with E-state index < -0.39 is 11.6 Å². The molecule has 0 aliphatic carbocycles. The van der Waals surface area contributed by atoms with Crippen LogP contribution >= 0.6 is 0 Å². The van der Waals surface area contributed by atoms with E-state index in [0.29, 0.717) is 19.6 Å². The molecule has 1 amide bonds. The molecule has 0 saturated carbocycles. The van der Waals surface area contributed by atoms with Gasteiger partial charge in [-0.05, 0) is 26.6 Å². The summed E-state index contributed by atoms with van der Waals surface area (Å²) in [5, 5.41) is 0. The van der Waals surface area contributed by atoms with Gasteiger partial charge >= 0.3 is 0 Å². The van der Waals surface area contributed by atoms with Gasteiger partial charge in [0, 0.05) is 31.4 Å². The van der Waals surface area contributed by atoms with Crippen LogP contribution in [-0.2, 0) is 0 Å². The normalized spacial score (nSPS) is 10.9. The summed E-state index contributed by atoms with van der Waals surface area (Å²) < 4.78 is 26.3. The molecule has 20 heavy (non-hydrogen) atoms. The van der Waals surface area contributed by atoms with Crippen LogP contribution in [0.3, 0.4) is 0 Å². The summed E-state index contributed by atoms with van der Waals surface area (Å²) in [4.78, 5) is 15.9. The molecule has 0 bridgehead atoms. The average molecular weight is 285 g/mol. The van der Waals surface area contributed by atoms with E-state index in [9.17, 15) is 13.6 Å². The molecule has 0 fully saturated rings. The van der Waals surface area contributed by atoms with Crippen LogP contribution in [0.2, 0.25) is 0 Å². The maximum Gasteiger partial charge on any atom is 0.256 e. The Bertz CT molecular complexity index is 478. The van der Waals surface area contributed by atoms with Gasteiger partial charge in [0.05, 0.1) is 5.56 Å². The summed E-state index contributed by atoms with van der Waals surface area (Å²) in [7, 11) is 3.81. The Labute approximate surface area is 118 Å². The van der Waals surface area contributed by atoms with Gasteiger partial charge in [0.2, 0.25) is 0 Å². The molecule has 0 aliphatic rings. The van der Waals surface area contributed by atoms with Crippen LogP contribution in [-0.4, -0.2) is 49.4 Å². The van der Waals surface area contributed by atoms with Gasteiger partial charge in [-0.2, -0.15) is 0 Å². The summed E-state index contributed by atoms with van der Waals surface area (Å²) in [5.74, 6) is -2.48. The number of hydrogen-bond acceptors (Lipinski definition) is 3. The van der Waals surface area contributed by atoms with Crippen molar-refractivity contribution in [3.63, 3.8) is 0 Å². The van der Waals surface area contributed by atoms with Crippen LogP contribution in [0.4, 0.5) is 14.5 Å². The van der Waals surface area contributed by atoms with Crippen LogP contribution < -0.4 is 5.73 Å². The Morgan fingerprint density at radius 2 is 1.75 bits per heavy atom. The van der Waals surface area contributed by atoms with Crippen molar-refractivity contribution in [2.75, 3.05) is 39.5 Å².